The minimum atomic E-state index is -1.92. The molecular formula is C43H25N17O3S. The van der Waals surface area contributed by atoms with Crippen molar-refractivity contribution >= 4 is 93.4 Å². The average molecular weight is 860 g/mol. The van der Waals surface area contributed by atoms with Gasteiger partial charge >= 0.3 is 12.1 Å². The van der Waals surface area contributed by atoms with E-state index in [0.29, 0.717) is 55.8 Å². The second kappa shape index (κ2) is 15.4. The molecule has 10 heterocycles. The second-order valence-corrected chi connectivity index (χ2v) is 15.0. The van der Waals surface area contributed by atoms with E-state index < -0.39 is 27.9 Å². The molecule has 6 N–H and O–H groups in total. The Balaban J connectivity index is 1.30. The van der Waals surface area contributed by atoms with E-state index in [9.17, 15) is 20.6 Å². The van der Waals surface area contributed by atoms with Crippen LogP contribution < -0.4 is 21.4 Å². The van der Waals surface area contributed by atoms with Gasteiger partial charge < -0.3 is 36.7 Å². The summed E-state index contributed by atoms with van der Waals surface area (Å²) in [7, 11) is 0. The fraction of sp³-hybridized carbons (Fsp3) is 0.0233. The minimum Gasteiger partial charge on any atom is -0.594 e. The van der Waals surface area contributed by atoms with Gasteiger partial charge in [-0.1, -0.05) is 0 Å². The summed E-state index contributed by atoms with van der Waals surface area (Å²) in [5.41, 5.74) is 2.54. The van der Waals surface area contributed by atoms with Crippen LogP contribution in [0.3, 0.4) is 0 Å². The van der Waals surface area contributed by atoms with E-state index >= 15 is 0 Å². The first-order valence-corrected chi connectivity index (χ1v) is 19.7. The highest BCUT2D eigenvalue weighted by Gasteiger charge is 2.41. The third-order valence-corrected chi connectivity index (χ3v) is 10.9. The lowest BCUT2D eigenvalue weighted by atomic mass is 10.1. The van der Waals surface area contributed by atoms with E-state index in [1.54, 1.807) is 42.5 Å². The van der Waals surface area contributed by atoms with Crippen LogP contribution in [0.5, 0.6) is 0 Å². The van der Waals surface area contributed by atoms with Crippen molar-refractivity contribution in [2.75, 3.05) is 0 Å². The molecule has 3 aliphatic heterocycles. The third-order valence-electron chi connectivity index (χ3n) is 10.3. The molecule has 20 nitrogen and oxygen atoms in total. The molecule has 0 aromatic carbocycles. The summed E-state index contributed by atoms with van der Waals surface area (Å²) in [6.07, 6.45) is 10.9. The minimum absolute atomic E-state index is 0.00469. The number of azo groups is 1. The summed E-state index contributed by atoms with van der Waals surface area (Å²) >= 11 is 0.473. The van der Waals surface area contributed by atoms with Crippen molar-refractivity contribution in [3.05, 3.63) is 183 Å². The molecule has 3 aliphatic rings. The Morgan fingerprint density at radius 1 is 0.797 bits per heavy atom. The SMILES string of the molecule is [C-]#[N+]N=Nc1c(N=[N+]([O-])c2cc3[nH]c2=Cc2ccc([nH]2)C=c2ccc([nH]2)=Cc2ccc([nH]2)C=3)c2cc3nc(cc4ccc(cc5nc(c(C#N)c1n2S[N+]#[C-])C([N+](=O)[O-])C5=N)[nH]4)C=C3. The Morgan fingerprint density at radius 3 is 2.11 bits per heavy atom. The summed E-state index contributed by atoms with van der Waals surface area (Å²) in [4.78, 5) is 41.0. The van der Waals surface area contributed by atoms with Gasteiger partial charge in [0, 0.05) is 66.0 Å². The zero-order valence-electron chi connectivity index (χ0n) is 32.5. The molecule has 0 amide bonds. The van der Waals surface area contributed by atoms with E-state index in [4.69, 9.17) is 23.5 Å². The van der Waals surface area contributed by atoms with Crippen LogP contribution in [-0.2, 0) is 0 Å². The summed E-state index contributed by atoms with van der Waals surface area (Å²) < 4.78 is 4.72. The molecule has 0 spiro atoms. The molecule has 10 rings (SSSR count). The van der Waals surface area contributed by atoms with E-state index in [1.165, 1.54) is 16.1 Å². The smallest absolute Gasteiger partial charge is 0.392 e. The molecule has 1 unspecified atom stereocenters. The van der Waals surface area contributed by atoms with Gasteiger partial charge in [-0.15, -0.1) is 0 Å². The van der Waals surface area contributed by atoms with Gasteiger partial charge in [-0.2, -0.15) is 5.26 Å². The number of hydrogen-bond acceptors (Lipinski definition) is 11. The molecule has 0 radical (unpaired) electrons. The maximum absolute atomic E-state index is 14.7. The maximum Gasteiger partial charge on any atom is 0.392 e. The van der Waals surface area contributed by atoms with Crippen molar-refractivity contribution in [1.82, 2.24) is 38.9 Å². The van der Waals surface area contributed by atoms with Crippen LogP contribution in [0.25, 0.3) is 67.7 Å². The molecule has 64 heavy (non-hydrogen) atoms. The van der Waals surface area contributed by atoms with Gasteiger partial charge in [0.15, 0.2) is 0 Å². The predicted octanol–water partition coefficient (Wildman–Crippen LogP) is 6.33. The lowest BCUT2D eigenvalue weighted by Crippen LogP contribution is -2.17. The maximum atomic E-state index is 14.7. The molecule has 0 fully saturated rings. The first-order chi connectivity index (χ1) is 31.1. The van der Waals surface area contributed by atoms with Crippen molar-refractivity contribution < 1.29 is 9.78 Å². The number of H-pyrrole nitrogens is 5. The summed E-state index contributed by atoms with van der Waals surface area (Å²) in [5.74, 6) is 0. The zero-order chi connectivity index (χ0) is 44.1. The van der Waals surface area contributed by atoms with Gasteiger partial charge in [-0.3, -0.25) is 20.5 Å². The number of nitro groups is 1. The monoisotopic (exact) mass is 859 g/mol. The van der Waals surface area contributed by atoms with Crippen molar-refractivity contribution in [1.29, 1.82) is 10.7 Å². The first kappa shape index (κ1) is 38.5. The highest BCUT2D eigenvalue weighted by molar-refractivity contribution is 8.00. The topological polar surface area (TPSA) is 272 Å². The van der Waals surface area contributed by atoms with Gasteiger partial charge in [0.2, 0.25) is 10.9 Å². The number of rotatable bonds is 5. The van der Waals surface area contributed by atoms with E-state index in [1.807, 2.05) is 60.7 Å². The Labute approximate surface area is 362 Å². The van der Waals surface area contributed by atoms with Gasteiger partial charge in [0.25, 0.3) is 17.4 Å². The van der Waals surface area contributed by atoms with E-state index in [-0.39, 0.29) is 33.8 Å². The number of aromatic amines is 5. The number of fused-ring (bicyclic) bond motifs is 16. The molecule has 0 saturated heterocycles. The molecule has 21 heteroatoms. The average Bonchev–Trinajstić information content (AvgIpc) is 4.14. The van der Waals surface area contributed by atoms with Crippen LogP contribution in [0.2, 0.25) is 0 Å². The fourth-order valence-corrected chi connectivity index (χ4v) is 8.14. The molecular weight excluding hydrogens is 835 g/mol. The van der Waals surface area contributed by atoms with Crippen LogP contribution in [0.15, 0.2) is 88.2 Å². The van der Waals surface area contributed by atoms with Gasteiger partial charge in [0.05, 0.1) is 27.7 Å². The van der Waals surface area contributed by atoms with E-state index in [0.717, 1.165) is 27.8 Å². The van der Waals surface area contributed by atoms with E-state index in [2.05, 4.69) is 54.6 Å². The van der Waals surface area contributed by atoms with Gasteiger partial charge in [0.1, 0.15) is 33.9 Å². The van der Waals surface area contributed by atoms with Crippen molar-refractivity contribution in [3.8, 4) is 6.07 Å². The summed E-state index contributed by atoms with van der Waals surface area (Å²) in [6, 6.07) is 21.3. The number of nitrogens with one attached hydrogen (secondary N) is 6. The van der Waals surface area contributed by atoms with Crippen LogP contribution in [-0.4, -0.2) is 54.4 Å². The Hall–Kier alpha value is -9.65. The molecule has 306 valence electrons. The fourth-order valence-electron chi connectivity index (χ4n) is 7.57. The van der Waals surface area contributed by atoms with Gasteiger partial charge in [-0.25, -0.2) is 24.8 Å². The Morgan fingerprint density at radius 2 is 1.45 bits per heavy atom. The Kier molecular flexibility index (Phi) is 9.29. The largest absolute Gasteiger partial charge is 0.594 e. The number of hydrogen-bond donors (Lipinski definition) is 6. The quantitative estimate of drug-likeness (QED) is 0.0285. The first-order valence-electron chi connectivity index (χ1n) is 19.0. The number of nitrogens with zero attached hydrogens (tertiary/aromatic N) is 11. The Bertz CT molecular complexity index is 3850. The molecule has 7 aromatic heterocycles. The molecule has 0 saturated carbocycles. The number of nitriles is 1. The van der Waals surface area contributed by atoms with Crippen LogP contribution in [0.1, 0.15) is 57.2 Å². The highest BCUT2D eigenvalue weighted by Crippen LogP contribution is 2.46. The predicted molar refractivity (Wildman–Crippen MR) is 237 cm³/mol. The van der Waals surface area contributed by atoms with Crippen LogP contribution >= 0.6 is 12.1 Å². The standard InChI is InChI=1S/C43H25N17O3S/c1-46-57-55-41-40(56-59(61)36-20-32-16-28-6-5-24(49-28)13-22-3-4-23(48-22)14-25-7-10-29(50-25)17-34(36)53-32)37-19-31-12-9-27(52-31)15-26-8-11-30(51-26)18-35-38(45)43(60(62)63)39(54-35)33(21-44)42(41)58(37)64-47-2/h3-20,43,45,48-51,53H. The van der Waals surface area contributed by atoms with Crippen LogP contribution in [0.4, 0.5) is 17.1 Å². The molecule has 7 aromatic rings. The lowest BCUT2D eigenvalue weighted by Gasteiger charge is -2.03. The third kappa shape index (κ3) is 7.01. The molecule has 1 atom stereocenters. The lowest BCUT2D eigenvalue weighted by molar-refractivity contribution is -0.508. The second-order valence-electron chi connectivity index (χ2n) is 14.3. The molecule has 16 bridgehead atoms. The van der Waals surface area contributed by atoms with Crippen molar-refractivity contribution in [3.63, 3.8) is 0 Å². The van der Waals surface area contributed by atoms with Gasteiger partial charge in [-0.05, 0) is 108 Å². The normalized spacial score (nSPS) is 14.2. The zero-order valence-corrected chi connectivity index (χ0v) is 33.3. The summed E-state index contributed by atoms with van der Waals surface area (Å²) in [5, 5.41) is 61.9. The van der Waals surface area contributed by atoms with Crippen LogP contribution in [0, 0.1) is 45.2 Å². The van der Waals surface area contributed by atoms with Crippen molar-refractivity contribution in [2.24, 2.45) is 15.5 Å². The molecule has 0 aliphatic carbocycles. The highest BCUT2D eigenvalue weighted by atomic mass is 32.2. The van der Waals surface area contributed by atoms with Crippen molar-refractivity contribution in [2.45, 2.75) is 6.04 Å². The number of aromatic nitrogens is 8. The summed E-state index contributed by atoms with van der Waals surface area (Å²) in [6.45, 7) is 15.4.